The molecule has 1 aromatic heterocycles. The minimum absolute atomic E-state index is 0.700. The molecule has 0 radical (unpaired) electrons. The number of aromatic nitrogens is 2. The first-order chi connectivity index (χ1) is 10.6. The van der Waals surface area contributed by atoms with Gasteiger partial charge >= 0.3 is 0 Å². The zero-order valence-electron chi connectivity index (χ0n) is 12.7. The summed E-state index contributed by atoms with van der Waals surface area (Å²) >= 11 is 11.2. The molecule has 0 bridgehead atoms. The number of hydrogen-bond donors (Lipinski definition) is 2. The van der Waals surface area contributed by atoms with Crippen LogP contribution in [0.3, 0.4) is 0 Å². The van der Waals surface area contributed by atoms with Gasteiger partial charge in [0.1, 0.15) is 0 Å². The molecule has 0 atom stereocenters. The van der Waals surface area contributed by atoms with Crippen LogP contribution in [-0.4, -0.2) is 28.0 Å². The zero-order chi connectivity index (χ0) is 15.8. The number of benzene rings is 1. The van der Waals surface area contributed by atoms with Crippen molar-refractivity contribution in [3.05, 3.63) is 52.8 Å². The van der Waals surface area contributed by atoms with Gasteiger partial charge in [0.05, 0.1) is 10.7 Å². The van der Waals surface area contributed by atoms with Crippen LogP contribution in [0.15, 0.2) is 36.5 Å². The number of halogens is 1. The largest absolute Gasteiger partial charge is 0.363 e. The first-order valence-corrected chi connectivity index (χ1v) is 8.19. The van der Waals surface area contributed by atoms with E-state index in [4.69, 9.17) is 23.8 Å². The second-order valence-corrected chi connectivity index (χ2v) is 5.91. The van der Waals surface area contributed by atoms with E-state index in [0.717, 1.165) is 38.2 Å². The molecule has 0 amide bonds. The van der Waals surface area contributed by atoms with E-state index in [-0.39, 0.29) is 0 Å². The maximum Gasteiger partial charge on any atom is 0.166 e. The Kier molecular flexibility index (Phi) is 6.68. The Morgan fingerprint density at radius 3 is 2.64 bits per heavy atom. The van der Waals surface area contributed by atoms with Crippen molar-refractivity contribution in [2.24, 2.45) is 0 Å². The Morgan fingerprint density at radius 2 is 1.95 bits per heavy atom. The Balaban J connectivity index is 1.56. The third-order valence-corrected chi connectivity index (χ3v) is 3.94. The summed E-state index contributed by atoms with van der Waals surface area (Å²) in [6.07, 6.45) is 3.76. The van der Waals surface area contributed by atoms with E-state index >= 15 is 0 Å². The number of nitrogens with one attached hydrogen (secondary N) is 2. The van der Waals surface area contributed by atoms with Crippen LogP contribution < -0.4 is 10.6 Å². The molecule has 0 fully saturated rings. The lowest BCUT2D eigenvalue weighted by molar-refractivity contribution is 0.568. The third kappa shape index (κ3) is 5.66. The van der Waals surface area contributed by atoms with Gasteiger partial charge in [-0.15, -0.1) is 0 Å². The van der Waals surface area contributed by atoms with Gasteiger partial charge < -0.3 is 10.6 Å². The van der Waals surface area contributed by atoms with Crippen molar-refractivity contribution in [2.75, 3.05) is 13.1 Å². The van der Waals surface area contributed by atoms with E-state index < -0.39 is 0 Å². The van der Waals surface area contributed by atoms with Crippen molar-refractivity contribution in [1.82, 2.24) is 20.4 Å². The Bertz CT molecular complexity index is 578. The topological polar surface area (TPSA) is 41.9 Å². The Morgan fingerprint density at radius 1 is 1.23 bits per heavy atom. The average molecular weight is 337 g/mol. The highest BCUT2D eigenvalue weighted by Crippen LogP contribution is 2.11. The van der Waals surface area contributed by atoms with Crippen LogP contribution in [0.2, 0.25) is 5.02 Å². The minimum atomic E-state index is 0.700. The summed E-state index contributed by atoms with van der Waals surface area (Å²) < 4.78 is 1.87. The molecule has 0 aliphatic carbocycles. The van der Waals surface area contributed by atoms with E-state index in [1.165, 1.54) is 5.56 Å². The summed E-state index contributed by atoms with van der Waals surface area (Å²) in [4.78, 5) is 0. The van der Waals surface area contributed by atoms with Crippen molar-refractivity contribution >= 4 is 28.9 Å². The standard InChI is InChI=1S/C16H21ClN4S/c1-13-15(17)12-21(20-13)11-5-9-18-16(22)19-10-8-14-6-3-2-4-7-14/h2-4,6-7,12H,5,8-11H2,1H3,(H2,18,19,22). The van der Waals surface area contributed by atoms with Gasteiger partial charge in [-0.2, -0.15) is 5.10 Å². The van der Waals surface area contributed by atoms with Gasteiger partial charge in [-0.3, -0.25) is 4.68 Å². The molecule has 0 aliphatic heterocycles. The Labute approximate surface area is 141 Å². The molecule has 1 heterocycles. The van der Waals surface area contributed by atoms with E-state index in [0.29, 0.717) is 10.1 Å². The number of nitrogens with zero attached hydrogens (tertiary/aromatic N) is 2. The maximum atomic E-state index is 5.97. The lowest BCUT2D eigenvalue weighted by Gasteiger charge is -2.10. The predicted octanol–water partition coefficient (Wildman–Crippen LogP) is 2.94. The van der Waals surface area contributed by atoms with Gasteiger partial charge in [-0.05, 0) is 37.5 Å². The molecule has 22 heavy (non-hydrogen) atoms. The summed E-state index contributed by atoms with van der Waals surface area (Å²) in [6, 6.07) is 10.4. The first-order valence-electron chi connectivity index (χ1n) is 7.40. The van der Waals surface area contributed by atoms with Crippen LogP contribution in [-0.2, 0) is 13.0 Å². The highest BCUT2D eigenvalue weighted by Gasteiger charge is 2.01. The van der Waals surface area contributed by atoms with Gasteiger partial charge in [0.15, 0.2) is 5.11 Å². The molecular formula is C16H21ClN4S. The van der Waals surface area contributed by atoms with Gasteiger partial charge in [-0.25, -0.2) is 0 Å². The molecule has 2 rings (SSSR count). The molecule has 2 aromatic rings. The molecule has 0 unspecified atom stereocenters. The molecule has 0 aliphatic rings. The van der Waals surface area contributed by atoms with Gasteiger partial charge in [0.2, 0.25) is 0 Å². The van der Waals surface area contributed by atoms with E-state index in [1.54, 1.807) is 0 Å². The fourth-order valence-corrected chi connectivity index (χ4v) is 2.43. The highest BCUT2D eigenvalue weighted by atomic mass is 35.5. The van der Waals surface area contributed by atoms with Gasteiger partial charge in [0, 0.05) is 25.8 Å². The highest BCUT2D eigenvalue weighted by molar-refractivity contribution is 7.80. The number of rotatable bonds is 7. The fraction of sp³-hybridized carbons (Fsp3) is 0.375. The molecule has 118 valence electrons. The zero-order valence-corrected chi connectivity index (χ0v) is 14.3. The molecule has 4 nitrogen and oxygen atoms in total. The van der Waals surface area contributed by atoms with E-state index in [9.17, 15) is 0 Å². The maximum absolute atomic E-state index is 5.97. The number of aryl methyl sites for hydroxylation is 2. The predicted molar refractivity (Wildman–Crippen MR) is 95.3 cm³/mol. The van der Waals surface area contributed by atoms with Gasteiger partial charge in [0.25, 0.3) is 0 Å². The van der Waals surface area contributed by atoms with Crippen LogP contribution in [0, 0.1) is 6.92 Å². The number of thiocarbonyl (C=S) groups is 1. The van der Waals surface area contributed by atoms with Gasteiger partial charge in [-0.1, -0.05) is 41.9 Å². The molecule has 6 heteroatoms. The van der Waals surface area contributed by atoms with E-state index in [1.807, 2.05) is 23.9 Å². The SMILES string of the molecule is Cc1nn(CCCNC(=S)NCCc2ccccc2)cc1Cl. The molecule has 0 saturated heterocycles. The average Bonchev–Trinajstić information content (AvgIpc) is 2.83. The summed E-state index contributed by atoms with van der Waals surface area (Å²) in [7, 11) is 0. The normalized spacial score (nSPS) is 10.5. The van der Waals surface area contributed by atoms with Crippen molar-refractivity contribution < 1.29 is 0 Å². The second kappa shape index (κ2) is 8.76. The monoisotopic (exact) mass is 336 g/mol. The van der Waals surface area contributed by atoms with Crippen molar-refractivity contribution in [1.29, 1.82) is 0 Å². The Hall–Kier alpha value is -1.59. The summed E-state index contributed by atoms with van der Waals surface area (Å²) in [5.41, 5.74) is 2.18. The summed E-state index contributed by atoms with van der Waals surface area (Å²) in [6.45, 7) is 4.38. The van der Waals surface area contributed by atoms with Crippen LogP contribution in [0.25, 0.3) is 0 Å². The van der Waals surface area contributed by atoms with Crippen LogP contribution in [0.1, 0.15) is 17.7 Å². The number of hydrogen-bond acceptors (Lipinski definition) is 2. The fourth-order valence-electron chi connectivity index (χ4n) is 2.08. The summed E-state index contributed by atoms with van der Waals surface area (Å²) in [5, 5.41) is 12.2. The first kappa shape index (κ1) is 16.8. The van der Waals surface area contributed by atoms with Crippen molar-refractivity contribution in [3.8, 4) is 0 Å². The van der Waals surface area contributed by atoms with Crippen molar-refractivity contribution in [3.63, 3.8) is 0 Å². The smallest absolute Gasteiger partial charge is 0.166 e. The lowest BCUT2D eigenvalue weighted by Crippen LogP contribution is -2.37. The minimum Gasteiger partial charge on any atom is -0.363 e. The summed E-state index contributed by atoms with van der Waals surface area (Å²) in [5.74, 6) is 0. The van der Waals surface area contributed by atoms with E-state index in [2.05, 4.69) is 40.0 Å². The quantitative estimate of drug-likeness (QED) is 0.602. The molecule has 2 N–H and O–H groups in total. The van der Waals surface area contributed by atoms with Crippen LogP contribution >= 0.6 is 23.8 Å². The molecular weight excluding hydrogens is 316 g/mol. The van der Waals surface area contributed by atoms with Crippen LogP contribution in [0.5, 0.6) is 0 Å². The second-order valence-electron chi connectivity index (χ2n) is 5.10. The molecule has 0 spiro atoms. The third-order valence-electron chi connectivity index (χ3n) is 3.28. The lowest BCUT2D eigenvalue weighted by atomic mass is 10.1. The van der Waals surface area contributed by atoms with Crippen molar-refractivity contribution in [2.45, 2.75) is 26.3 Å². The molecule has 0 saturated carbocycles. The molecule has 1 aromatic carbocycles. The van der Waals surface area contributed by atoms with Crippen LogP contribution in [0.4, 0.5) is 0 Å².